The van der Waals surface area contributed by atoms with Gasteiger partial charge < -0.3 is 9.47 Å². The molecule has 0 amide bonds. The number of aryl methyl sites for hydroxylation is 1. The predicted molar refractivity (Wildman–Crippen MR) is 81.4 cm³/mol. The van der Waals surface area contributed by atoms with E-state index in [0.717, 1.165) is 23.1 Å². The number of ketones is 1. The fourth-order valence-electron chi connectivity index (χ4n) is 2.46. The summed E-state index contributed by atoms with van der Waals surface area (Å²) in [6, 6.07) is 11.2. The molecule has 3 rings (SSSR count). The van der Waals surface area contributed by atoms with Crippen molar-refractivity contribution in [1.82, 2.24) is 0 Å². The molecule has 0 N–H and O–H groups in total. The molecule has 0 saturated heterocycles. The topological polar surface area (TPSA) is 35.5 Å². The molecule has 0 fully saturated rings. The van der Waals surface area contributed by atoms with Gasteiger partial charge >= 0.3 is 0 Å². The minimum absolute atomic E-state index is 0.0202. The lowest BCUT2D eigenvalue weighted by Crippen LogP contribution is -2.05. The van der Waals surface area contributed by atoms with Crippen LogP contribution in [0.5, 0.6) is 11.5 Å². The van der Waals surface area contributed by atoms with E-state index in [4.69, 9.17) is 9.47 Å². The average molecular weight is 282 g/mol. The van der Waals surface area contributed by atoms with E-state index < -0.39 is 0 Å². The first kappa shape index (κ1) is 13.7. The molecule has 0 atom stereocenters. The molecule has 0 unspecified atom stereocenters. The van der Waals surface area contributed by atoms with Crippen molar-refractivity contribution in [2.45, 2.75) is 20.3 Å². The molecule has 21 heavy (non-hydrogen) atoms. The Bertz CT molecular complexity index is 689. The highest BCUT2D eigenvalue weighted by molar-refractivity contribution is 6.10. The summed E-state index contributed by atoms with van der Waals surface area (Å²) in [6.45, 7) is 5.26. The van der Waals surface area contributed by atoms with Gasteiger partial charge in [0.05, 0.1) is 13.2 Å². The number of fused-ring (bicyclic) bond motifs is 1. The highest BCUT2D eigenvalue weighted by Crippen LogP contribution is 2.31. The van der Waals surface area contributed by atoms with Gasteiger partial charge in [0.25, 0.3) is 0 Å². The maximum absolute atomic E-state index is 12.7. The zero-order valence-electron chi connectivity index (χ0n) is 12.3. The van der Waals surface area contributed by atoms with Crippen molar-refractivity contribution in [3.63, 3.8) is 0 Å². The zero-order chi connectivity index (χ0) is 14.8. The van der Waals surface area contributed by atoms with Crippen molar-refractivity contribution in [1.29, 1.82) is 0 Å². The van der Waals surface area contributed by atoms with Gasteiger partial charge in [-0.3, -0.25) is 4.79 Å². The van der Waals surface area contributed by atoms with E-state index in [0.29, 0.717) is 30.3 Å². The Labute approximate surface area is 124 Å². The Morgan fingerprint density at radius 1 is 1.00 bits per heavy atom. The van der Waals surface area contributed by atoms with Gasteiger partial charge in [-0.25, -0.2) is 0 Å². The minimum Gasteiger partial charge on any atom is -0.490 e. The normalized spacial score (nSPS) is 13.6. The molecular formula is C18H18O3. The van der Waals surface area contributed by atoms with Crippen molar-refractivity contribution in [2.24, 2.45) is 0 Å². The van der Waals surface area contributed by atoms with E-state index in [1.807, 2.05) is 38.1 Å². The molecule has 108 valence electrons. The summed E-state index contributed by atoms with van der Waals surface area (Å²) < 4.78 is 11.2. The van der Waals surface area contributed by atoms with Gasteiger partial charge in [0.2, 0.25) is 0 Å². The summed E-state index contributed by atoms with van der Waals surface area (Å²) in [5.41, 5.74) is 3.52. The number of rotatable bonds is 2. The summed E-state index contributed by atoms with van der Waals surface area (Å²) in [6.07, 6.45) is 0.856. The second-order valence-corrected chi connectivity index (χ2v) is 5.29. The van der Waals surface area contributed by atoms with Crippen LogP contribution in [0.2, 0.25) is 0 Å². The lowest BCUT2D eigenvalue weighted by molar-refractivity contribution is 0.103. The summed E-state index contributed by atoms with van der Waals surface area (Å²) in [5, 5.41) is 0. The highest BCUT2D eigenvalue weighted by atomic mass is 16.5. The van der Waals surface area contributed by atoms with Crippen molar-refractivity contribution < 1.29 is 14.3 Å². The van der Waals surface area contributed by atoms with Gasteiger partial charge in [-0.2, -0.15) is 0 Å². The van der Waals surface area contributed by atoms with Crippen molar-refractivity contribution in [3.8, 4) is 11.5 Å². The van der Waals surface area contributed by atoms with E-state index >= 15 is 0 Å². The van der Waals surface area contributed by atoms with Crippen LogP contribution in [0.1, 0.15) is 33.5 Å². The Balaban J connectivity index is 1.98. The Morgan fingerprint density at radius 2 is 1.76 bits per heavy atom. The fourth-order valence-corrected chi connectivity index (χ4v) is 2.46. The van der Waals surface area contributed by atoms with Crippen molar-refractivity contribution in [3.05, 3.63) is 58.7 Å². The molecule has 3 nitrogen and oxygen atoms in total. The number of hydrogen-bond acceptors (Lipinski definition) is 3. The predicted octanol–water partition coefficient (Wildman–Crippen LogP) is 3.70. The monoisotopic (exact) mass is 282 g/mol. The SMILES string of the molecule is Cc1cccc(C(=O)c2ccc3c(c2)OCCCO3)c1C. The van der Waals surface area contributed by atoms with Gasteiger partial charge in [-0.15, -0.1) is 0 Å². The van der Waals surface area contributed by atoms with Crippen LogP contribution in [0, 0.1) is 13.8 Å². The summed E-state index contributed by atoms with van der Waals surface area (Å²) in [5.74, 6) is 1.39. The molecule has 3 heteroatoms. The van der Waals surface area contributed by atoms with Crippen LogP contribution >= 0.6 is 0 Å². The van der Waals surface area contributed by atoms with Gasteiger partial charge in [0.15, 0.2) is 17.3 Å². The first-order chi connectivity index (χ1) is 10.2. The van der Waals surface area contributed by atoms with Crippen molar-refractivity contribution >= 4 is 5.78 Å². The molecule has 2 aromatic carbocycles. The van der Waals surface area contributed by atoms with Crippen LogP contribution in [0.25, 0.3) is 0 Å². The molecule has 0 saturated carbocycles. The minimum atomic E-state index is 0.0202. The van der Waals surface area contributed by atoms with Gasteiger partial charge in [-0.1, -0.05) is 18.2 Å². The third-order valence-corrected chi connectivity index (χ3v) is 3.86. The zero-order valence-corrected chi connectivity index (χ0v) is 12.3. The maximum atomic E-state index is 12.7. The number of carbonyl (C=O) groups is 1. The highest BCUT2D eigenvalue weighted by Gasteiger charge is 2.17. The Hall–Kier alpha value is -2.29. The van der Waals surface area contributed by atoms with Gasteiger partial charge in [0, 0.05) is 17.5 Å². The van der Waals surface area contributed by atoms with Gasteiger partial charge in [0.1, 0.15) is 0 Å². The van der Waals surface area contributed by atoms with Crippen LogP contribution in [-0.4, -0.2) is 19.0 Å². The maximum Gasteiger partial charge on any atom is 0.193 e. The van der Waals surface area contributed by atoms with E-state index in [2.05, 4.69) is 0 Å². The Kier molecular flexibility index (Phi) is 3.65. The van der Waals surface area contributed by atoms with Gasteiger partial charge in [-0.05, 0) is 43.2 Å². The molecule has 0 radical (unpaired) electrons. The second-order valence-electron chi connectivity index (χ2n) is 5.29. The molecular weight excluding hydrogens is 264 g/mol. The lowest BCUT2D eigenvalue weighted by Gasteiger charge is -2.11. The number of hydrogen-bond donors (Lipinski definition) is 0. The number of carbonyl (C=O) groups excluding carboxylic acids is 1. The summed E-state index contributed by atoms with van der Waals surface area (Å²) in [4.78, 5) is 12.7. The molecule has 1 aliphatic rings. The molecule has 1 aliphatic heterocycles. The van der Waals surface area contributed by atoms with Crippen LogP contribution in [0.4, 0.5) is 0 Å². The van der Waals surface area contributed by atoms with Crippen LogP contribution in [0.15, 0.2) is 36.4 Å². The quantitative estimate of drug-likeness (QED) is 0.788. The molecule has 0 aliphatic carbocycles. The largest absolute Gasteiger partial charge is 0.490 e. The molecule has 1 heterocycles. The first-order valence-electron chi connectivity index (χ1n) is 7.17. The number of ether oxygens (including phenoxy) is 2. The van der Waals surface area contributed by atoms with Crippen molar-refractivity contribution in [2.75, 3.05) is 13.2 Å². The molecule has 0 spiro atoms. The van der Waals surface area contributed by atoms with Crippen LogP contribution in [0.3, 0.4) is 0 Å². The molecule has 2 aromatic rings. The molecule has 0 bridgehead atoms. The van der Waals surface area contributed by atoms with E-state index in [1.165, 1.54) is 0 Å². The standard InChI is InChI=1S/C18H18O3/c1-12-5-3-6-15(13(12)2)18(19)14-7-8-16-17(11-14)21-10-4-9-20-16/h3,5-8,11H,4,9-10H2,1-2H3. The van der Waals surface area contributed by atoms with E-state index in [-0.39, 0.29) is 5.78 Å². The lowest BCUT2D eigenvalue weighted by atomic mass is 9.96. The number of benzene rings is 2. The Morgan fingerprint density at radius 3 is 2.57 bits per heavy atom. The summed E-state index contributed by atoms with van der Waals surface area (Å²) >= 11 is 0. The average Bonchev–Trinajstić information content (AvgIpc) is 2.74. The first-order valence-corrected chi connectivity index (χ1v) is 7.17. The van der Waals surface area contributed by atoms with Crippen LogP contribution < -0.4 is 9.47 Å². The van der Waals surface area contributed by atoms with E-state index in [1.54, 1.807) is 12.1 Å². The van der Waals surface area contributed by atoms with Crippen LogP contribution in [-0.2, 0) is 0 Å². The fraction of sp³-hybridized carbons (Fsp3) is 0.278. The third-order valence-electron chi connectivity index (χ3n) is 3.86. The smallest absolute Gasteiger partial charge is 0.193 e. The molecule has 0 aromatic heterocycles. The third kappa shape index (κ3) is 2.64. The second kappa shape index (κ2) is 5.60. The van der Waals surface area contributed by atoms with E-state index in [9.17, 15) is 4.79 Å². The summed E-state index contributed by atoms with van der Waals surface area (Å²) in [7, 11) is 0.